The smallest absolute Gasteiger partial charge is 0.129 e. The fraction of sp³-hybridized carbons (Fsp3) is 0.692. The predicted molar refractivity (Wildman–Crippen MR) is 70.1 cm³/mol. The van der Waals surface area contributed by atoms with Gasteiger partial charge in [0.05, 0.1) is 0 Å². The van der Waals surface area contributed by atoms with E-state index in [-0.39, 0.29) is 0 Å². The molecule has 0 aromatic carbocycles. The van der Waals surface area contributed by atoms with E-state index in [1.54, 1.807) is 6.33 Å². The van der Waals surface area contributed by atoms with Crippen LogP contribution < -0.4 is 10.6 Å². The molecule has 4 heteroatoms. The Balaban J connectivity index is 1.83. The molecule has 0 bridgehead atoms. The van der Waals surface area contributed by atoms with Crippen LogP contribution in [-0.4, -0.2) is 29.6 Å². The lowest BCUT2D eigenvalue weighted by Crippen LogP contribution is -2.31. The van der Waals surface area contributed by atoms with Gasteiger partial charge in [0.15, 0.2) is 0 Å². The van der Waals surface area contributed by atoms with Crippen LogP contribution in [-0.2, 0) is 6.42 Å². The maximum atomic E-state index is 4.27. The second kappa shape index (κ2) is 6.55. The summed E-state index contributed by atoms with van der Waals surface area (Å²) < 4.78 is 0. The number of aromatic nitrogens is 2. The Morgan fingerprint density at radius 3 is 2.94 bits per heavy atom. The number of anilines is 1. The molecule has 0 atom stereocenters. The minimum absolute atomic E-state index is 0.779. The average molecular weight is 234 g/mol. The average Bonchev–Trinajstić information content (AvgIpc) is 2.39. The monoisotopic (exact) mass is 234 g/mol. The van der Waals surface area contributed by atoms with E-state index in [1.807, 2.05) is 0 Å². The zero-order valence-electron chi connectivity index (χ0n) is 10.6. The van der Waals surface area contributed by atoms with Gasteiger partial charge >= 0.3 is 0 Å². The number of nitrogens with one attached hydrogen (secondary N) is 2. The van der Waals surface area contributed by atoms with Crippen molar-refractivity contribution in [2.75, 3.05) is 25.0 Å². The van der Waals surface area contributed by atoms with E-state index in [2.05, 4.69) is 33.6 Å². The number of rotatable bonds is 5. The molecule has 1 saturated heterocycles. The van der Waals surface area contributed by atoms with Crippen molar-refractivity contribution in [3.8, 4) is 0 Å². The SMILES string of the molecule is CCCc1cc(NCC2CCNCC2)ncn1. The lowest BCUT2D eigenvalue weighted by atomic mass is 9.98. The Bertz CT molecular complexity index is 334. The third-order valence-electron chi connectivity index (χ3n) is 3.26. The van der Waals surface area contributed by atoms with E-state index in [0.717, 1.165) is 49.9 Å². The summed E-state index contributed by atoms with van der Waals surface area (Å²) >= 11 is 0. The summed E-state index contributed by atoms with van der Waals surface area (Å²) in [5.41, 5.74) is 1.13. The standard InChI is InChI=1S/C13H22N4/c1-2-3-12-8-13(17-10-16-12)15-9-11-4-6-14-7-5-11/h8,10-11,14H,2-7,9H2,1H3,(H,15,16,17). The van der Waals surface area contributed by atoms with Gasteiger partial charge in [-0.25, -0.2) is 9.97 Å². The van der Waals surface area contributed by atoms with Crippen LogP contribution in [0.3, 0.4) is 0 Å². The molecule has 0 radical (unpaired) electrons. The molecule has 0 saturated carbocycles. The van der Waals surface area contributed by atoms with Crippen molar-refractivity contribution in [1.82, 2.24) is 15.3 Å². The van der Waals surface area contributed by atoms with Gasteiger partial charge in [0.2, 0.25) is 0 Å². The van der Waals surface area contributed by atoms with Gasteiger partial charge in [0, 0.05) is 18.3 Å². The van der Waals surface area contributed by atoms with Gasteiger partial charge in [-0.05, 0) is 38.3 Å². The fourth-order valence-electron chi connectivity index (χ4n) is 2.22. The summed E-state index contributed by atoms with van der Waals surface area (Å²) in [7, 11) is 0. The van der Waals surface area contributed by atoms with Crippen LogP contribution in [0.15, 0.2) is 12.4 Å². The van der Waals surface area contributed by atoms with Crippen molar-refractivity contribution >= 4 is 5.82 Å². The highest BCUT2D eigenvalue weighted by Gasteiger charge is 2.12. The highest BCUT2D eigenvalue weighted by Crippen LogP contribution is 2.13. The van der Waals surface area contributed by atoms with Crippen LogP contribution >= 0.6 is 0 Å². The van der Waals surface area contributed by atoms with Crippen LogP contribution in [0.1, 0.15) is 31.9 Å². The zero-order chi connectivity index (χ0) is 11.9. The quantitative estimate of drug-likeness (QED) is 0.816. The molecule has 4 nitrogen and oxygen atoms in total. The van der Waals surface area contributed by atoms with Crippen molar-refractivity contribution in [1.29, 1.82) is 0 Å². The number of nitrogens with zero attached hydrogens (tertiary/aromatic N) is 2. The highest BCUT2D eigenvalue weighted by atomic mass is 15.0. The summed E-state index contributed by atoms with van der Waals surface area (Å²) in [5, 5.41) is 6.82. The van der Waals surface area contributed by atoms with Crippen LogP contribution in [0.4, 0.5) is 5.82 Å². The first-order valence-corrected chi connectivity index (χ1v) is 6.64. The maximum absolute atomic E-state index is 4.27. The third-order valence-corrected chi connectivity index (χ3v) is 3.26. The summed E-state index contributed by atoms with van der Waals surface area (Å²) in [5.74, 6) is 1.75. The van der Waals surface area contributed by atoms with Crippen molar-refractivity contribution in [3.63, 3.8) is 0 Å². The number of piperidine rings is 1. The molecule has 1 aromatic heterocycles. The molecule has 1 aromatic rings. The van der Waals surface area contributed by atoms with Gasteiger partial charge in [-0.15, -0.1) is 0 Å². The van der Waals surface area contributed by atoms with Crippen molar-refractivity contribution in [2.24, 2.45) is 5.92 Å². The van der Waals surface area contributed by atoms with Gasteiger partial charge < -0.3 is 10.6 Å². The number of aryl methyl sites for hydroxylation is 1. The molecule has 1 fully saturated rings. The van der Waals surface area contributed by atoms with E-state index in [4.69, 9.17) is 0 Å². The second-order valence-electron chi connectivity index (χ2n) is 4.72. The molecular weight excluding hydrogens is 212 g/mol. The number of hydrogen-bond donors (Lipinski definition) is 2. The van der Waals surface area contributed by atoms with Crippen molar-refractivity contribution in [3.05, 3.63) is 18.1 Å². The van der Waals surface area contributed by atoms with E-state index in [9.17, 15) is 0 Å². The molecule has 2 rings (SSSR count). The van der Waals surface area contributed by atoms with Crippen LogP contribution in [0.2, 0.25) is 0 Å². The van der Waals surface area contributed by atoms with Gasteiger partial charge in [-0.1, -0.05) is 13.3 Å². The number of hydrogen-bond acceptors (Lipinski definition) is 4. The molecule has 17 heavy (non-hydrogen) atoms. The molecule has 2 heterocycles. The summed E-state index contributed by atoms with van der Waals surface area (Å²) in [6.07, 6.45) is 6.35. The summed E-state index contributed by atoms with van der Waals surface area (Å²) in [6, 6.07) is 2.07. The topological polar surface area (TPSA) is 49.8 Å². The lowest BCUT2D eigenvalue weighted by Gasteiger charge is -2.22. The Morgan fingerprint density at radius 1 is 1.35 bits per heavy atom. The Morgan fingerprint density at radius 2 is 2.18 bits per heavy atom. The first-order valence-electron chi connectivity index (χ1n) is 6.64. The van der Waals surface area contributed by atoms with Crippen LogP contribution in [0.5, 0.6) is 0 Å². The molecule has 0 unspecified atom stereocenters. The van der Waals surface area contributed by atoms with E-state index < -0.39 is 0 Å². The van der Waals surface area contributed by atoms with Crippen molar-refractivity contribution < 1.29 is 0 Å². The Kier molecular flexibility index (Phi) is 4.74. The molecular formula is C13H22N4. The summed E-state index contributed by atoms with van der Waals surface area (Å²) in [4.78, 5) is 8.53. The first-order chi connectivity index (χ1) is 8.38. The second-order valence-corrected chi connectivity index (χ2v) is 4.72. The first kappa shape index (κ1) is 12.3. The predicted octanol–water partition coefficient (Wildman–Crippen LogP) is 1.84. The van der Waals surface area contributed by atoms with Gasteiger partial charge in [-0.3, -0.25) is 0 Å². The van der Waals surface area contributed by atoms with Gasteiger partial charge in [0.1, 0.15) is 12.1 Å². The van der Waals surface area contributed by atoms with Gasteiger partial charge in [-0.2, -0.15) is 0 Å². The Hall–Kier alpha value is -1.16. The largest absolute Gasteiger partial charge is 0.370 e. The van der Waals surface area contributed by atoms with Crippen LogP contribution in [0.25, 0.3) is 0 Å². The van der Waals surface area contributed by atoms with Crippen molar-refractivity contribution in [2.45, 2.75) is 32.6 Å². The molecule has 0 aliphatic carbocycles. The molecule has 1 aliphatic rings. The van der Waals surface area contributed by atoms with Crippen LogP contribution in [0, 0.1) is 5.92 Å². The molecule has 94 valence electrons. The van der Waals surface area contributed by atoms with E-state index >= 15 is 0 Å². The highest BCUT2D eigenvalue weighted by molar-refractivity contribution is 5.34. The Labute approximate surface area is 103 Å². The molecule has 0 amide bonds. The van der Waals surface area contributed by atoms with E-state index in [1.165, 1.54) is 12.8 Å². The zero-order valence-corrected chi connectivity index (χ0v) is 10.6. The van der Waals surface area contributed by atoms with E-state index in [0.29, 0.717) is 0 Å². The van der Waals surface area contributed by atoms with Gasteiger partial charge in [0.25, 0.3) is 0 Å². The lowest BCUT2D eigenvalue weighted by molar-refractivity contribution is 0.389. The molecule has 0 spiro atoms. The minimum Gasteiger partial charge on any atom is -0.370 e. The normalized spacial score (nSPS) is 17.0. The molecule has 2 N–H and O–H groups in total. The minimum atomic E-state index is 0.779. The maximum Gasteiger partial charge on any atom is 0.129 e. The fourth-order valence-corrected chi connectivity index (χ4v) is 2.22. The third kappa shape index (κ3) is 3.97. The molecule has 1 aliphatic heterocycles. The summed E-state index contributed by atoms with van der Waals surface area (Å²) in [6.45, 7) is 5.50.